The van der Waals surface area contributed by atoms with Crippen molar-refractivity contribution >= 4 is 16.7 Å². The van der Waals surface area contributed by atoms with E-state index in [1.807, 2.05) is 0 Å². The number of allylic oxidation sites excluding steroid dienone is 2. The second-order valence-electron chi connectivity index (χ2n) is 7.57. The van der Waals surface area contributed by atoms with Gasteiger partial charge in [-0.15, -0.1) is 34.9 Å². The number of nitrogens with zero attached hydrogens (tertiary/aromatic N) is 1. The Morgan fingerprint density at radius 1 is 1.17 bits per heavy atom. The fraction of sp³-hybridized carbons (Fsp3) is 0.308. The number of ketones is 1. The summed E-state index contributed by atoms with van der Waals surface area (Å²) >= 11 is 0. The molecule has 3 rings (SSSR count). The van der Waals surface area contributed by atoms with Crippen LogP contribution in [0.5, 0.6) is 0 Å². The second kappa shape index (κ2) is 11.8. The van der Waals surface area contributed by atoms with Crippen LogP contribution in [0, 0.1) is 19.9 Å². The third kappa shape index (κ3) is 7.19. The maximum Gasteiger partial charge on any atom is 0.155 e. The molecule has 0 aliphatic heterocycles. The molecule has 3 nitrogen and oxygen atoms in total. The van der Waals surface area contributed by atoms with Crippen LogP contribution in [-0.2, 0) is 24.9 Å². The number of rotatable bonds is 4. The Morgan fingerprint density at radius 3 is 2.37 bits per heavy atom. The maximum absolute atomic E-state index is 10.0. The first kappa shape index (κ1) is 25.7. The van der Waals surface area contributed by atoms with Crippen molar-refractivity contribution in [2.75, 3.05) is 0 Å². The average molecular weight is 581 g/mol. The summed E-state index contributed by atoms with van der Waals surface area (Å²) in [4.78, 5) is 14.9. The molecule has 0 spiro atoms. The number of fused-ring (bicyclic) bond motifs is 1. The number of hydrogen-bond donors (Lipinski definition) is 1. The number of para-hydroxylation sites is 1. The summed E-state index contributed by atoms with van der Waals surface area (Å²) in [6.45, 7) is 11.6. The molecular weight excluding hydrogens is 551 g/mol. The molecule has 1 aromatic heterocycles. The molecule has 3 aromatic rings. The SMILES string of the molecule is CC(=O)/C=C(/C)O.CCC(C)c1cc(-c2[c-]c(C)cc(C)c2)nc2ccccc12.[Ir]. The van der Waals surface area contributed by atoms with Gasteiger partial charge in [0.05, 0.1) is 11.3 Å². The van der Waals surface area contributed by atoms with E-state index < -0.39 is 0 Å². The predicted octanol–water partition coefficient (Wildman–Crippen LogP) is 6.87. The molecule has 1 N–H and O–H groups in total. The number of aryl methyl sites for hydroxylation is 2. The first-order chi connectivity index (χ1) is 13.7. The third-order valence-corrected chi connectivity index (χ3v) is 4.73. The normalized spacial score (nSPS) is 11.9. The van der Waals surface area contributed by atoms with Gasteiger partial charge in [-0.05, 0) is 43.5 Å². The summed E-state index contributed by atoms with van der Waals surface area (Å²) in [5, 5.41) is 9.63. The Balaban J connectivity index is 0.000000489. The monoisotopic (exact) mass is 581 g/mol. The zero-order chi connectivity index (χ0) is 21.6. The van der Waals surface area contributed by atoms with Crippen LogP contribution in [0.15, 0.2) is 54.3 Å². The van der Waals surface area contributed by atoms with E-state index in [-0.39, 0.29) is 31.6 Å². The van der Waals surface area contributed by atoms with E-state index in [1.54, 1.807) is 0 Å². The molecule has 0 aliphatic rings. The van der Waals surface area contributed by atoms with Crippen molar-refractivity contribution < 1.29 is 30.0 Å². The predicted molar refractivity (Wildman–Crippen MR) is 121 cm³/mol. The Bertz CT molecular complexity index is 1020. The summed E-state index contributed by atoms with van der Waals surface area (Å²) in [6.07, 6.45) is 2.30. The van der Waals surface area contributed by atoms with Crippen LogP contribution in [0.3, 0.4) is 0 Å². The van der Waals surface area contributed by atoms with Gasteiger partial charge in [-0.25, -0.2) is 0 Å². The summed E-state index contributed by atoms with van der Waals surface area (Å²) in [6, 6.07) is 18.5. The van der Waals surface area contributed by atoms with Gasteiger partial charge in [0, 0.05) is 31.6 Å². The van der Waals surface area contributed by atoms with E-state index in [9.17, 15) is 4.79 Å². The quantitative estimate of drug-likeness (QED) is 0.208. The molecule has 0 saturated carbocycles. The number of aromatic nitrogens is 1. The Labute approximate surface area is 193 Å². The minimum absolute atomic E-state index is 0. The van der Waals surface area contributed by atoms with Crippen molar-refractivity contribution in [3.63, 3.8) is 0 Å². The van der Waals surface area contributed by atoms with Crippen LogP contribution in [0.1, 0.15) is 56.7 Å². The number of pyridine rings is 1. The third-order valence-electron chi connectivity index (χ3n) is 4.73. The minimum atomic E-state index is -0.125. The molecule has 30 heavy (non-hydrogen) atoms. The van der Waals surface area contributed by atoms with Gasteiger partial charge in [-0.1, -0.05) is 52.0 Å². The zero-order valence-corrected chi connectivity index (χ0v) is 20.9. The smallest absolute Gasteiger partial charge is 0.155 e. The molecule has 1 radical (unpaired) electrons. The van der Waals surface area contributed by atoms with Crippen LogP contribution < -0.4 is 0 Å². The van der Waals surface area contributed by atoms with Crippen LogP contribution in [0.2, 0.25) is 0 Å². The summed E-state index contributed by atoms with van der Waals surface area (Å²) < 4.78 is 0. The fourth-order valence-corrected chi connectivity index (χ4v) is 3.30. The molecule has 4 heteroatoms. The molecule has 1 unspecified atom stereocenters. The first-order valence-corrected chi connectivity index (χ1v) is 9.99. The number of aliphatic hydroxyl groups is 1. The minimum Gasteiger partial charge on any atom is -0.512 e. The molecule has 0 saturated heterocycles. The topological polar surface area (TPSA) is 50.2 Å². The van der Waals surface area contributed by atoms with Gasteiger partial charge < -0.3 is 5.11 Å². The van der Waals surface area contributed by atoms with E-state index in [2.05, 4.69) is 76.2 Å². The van der Waals surface area contributed by atoms with Gasteiger partial charge in [0.15, 0.2) is 5.78 Å². The van der Waals surface area contributed by atoms with Gasteiger partial charge in [0.2, 0.25) is 0 Å². The van der Waals surface area contributed by atoms with Gasteiger partial charge in [-0.2, -0.15) is 0 Å². The van der Waals surface area contributed by atoms with E-state index in [1.165, 1.54) is 36.4 Å². The number of aliphatic hydroxyl groups excluding tert-OH is 1. The van der Waals surface area contributed by atoms with Gasteiger partial charge in [0.1, 0.15) is 0 Å². The zero-order valence-electron chi connectivity index (χ0n) is 18.5. The number of carbonyl (C=O) groups is 1. The Kier molecular flexibility index (Phi) is 10.1. The Hall–Kier alpha value is -2.29. The number of benzene rings is 2. The standard InChI is InChI=1S/C21H22N.C5H8O2.Ir/c1-5-16(4)19-13-21(17-11-14(2)10-15(3)12-17)22-20-9-7-6-8-18(19)20;1-4(6)3-5(2)7;/h6-11,13,16H,5H2,1-4H3;3,6H,1-2H3;/q-1;;/b;4-3-;. The number of carbonyl (C=O) groups excluding carboxylic acids is 1. The molecule has 0 aliphatic carbocycles. The molecule has 0 bridgehead atoms. The molecule has 161 valence electrons. The fourth-order valence-electron chi connectivity index (χ4n) is 3.30. The van der Waals surface area contributed by atoms with Crippen molar-refractivity contribution in [1.29, 1.82) is 0 Å². The molecule has 1 atom stereocenters. The molecule has 0 fully saturated rings. The molecule has 1 heterocycles. The van der Waals surface area contributed by atoms with Crippen molar-refractivity contribution in [3.8, 4) is 11.3 Å². The molecule has 2 aromatic carbocycles. The molecule has 0 amide bonds. The van der Waals surface area contributed by atoms with E-state index >= 15 is 0 Å². The summed E-state index contributed by atoms with van der Waals surface area (Å²) in [5.41, 5.74) is 6.99. The van der Waals surface area contributed by atoms with Crippen molar-refractivity contribution in [2.24, 2.45) is 0 Å². The van der Waals surface area contributed by atoms with Gasteiger partial charge >= 0.3 is 0 Å². The van der Waals surface area contributed by atoms with Crippen molar-refractivity contribution in [3.05, 3.63) is 77.1 Å². The Morgan fingerprint density at radius 2 is 1.83 bits per heavy atom. The van der Waals surface area contributed by atoms with Crippen LogP contribution in [0.25, 0.3) is 22.2 Å². The van der Waals surface area contributed by atoms with Crippen molar-refractivity contribution in [1.82, 2.24) is 4.98 Å². The van der Waals surface area contributed by atoms with E-state index in [0.29, 0.717) is 5.92 Å². The first-order valence-electron chi connectivity index (χ1n) is 9.99. The average Bonchev–Trinajstić information content (AvgIpc) is 2.65. The second-order valence-corrected chi connectivity index (χ2v) is 7.57. The van der Waals surface area contributed by atoms with Crippen LogP contribution in [0.4, 0.5) is 0 Å². The van der Waals surface area contributed by atoms with Crippen LogP contribution in [-0.4, -0.2) is 15.9 Å². The van der Waals surface area contributed by atoms with Gasteiger partial charge in [-0.3, -0.25) is 9.78 Å². The van der Waals surface area contributed by atoms with E-state index in [0.717, 1.165) is 28.8 Å². The number of hydrogen-bond acceptors (Lipinski definition) is 3. The van der Waals surface area contributed by atoms with Crippen LogP contribution >= 0.6 is 0 Å². The van der Waals surface area contributed by atoms with Crippen molar-refractivity contribution in [2.45, 2.75) is 53.9 Å². The van der Waals surface area contributed by atoms with Gasteiger partial charge in [0.25, 0.3) is 0 Å². The molecular formula is C26H30IrNO2-. The summed E-state index contributed by atoms with van der Waals surface area (Å²) in [7, 11) is 0. The largest absolute Gasteiger partial charge is 0.512 e. The van der Waals surface area contributed by atoms with E-state index in [4.69, 9.17) is 10.1 Å². The summed E-state index contributed by atoms with van der Waals surface area (Å²) in [5.74, 6) is 0.463. The maximum atomic E-state index is 10.0.